The number of anilines is 1. The molecule has 7 heteroatoms. The summed E-state index contributed by atoms with van der Waals surface area (Å²) in [6.45, 7) is 3.98. The van der Waals surface area contributed by atoms with Gasteiger partial charge in [0, 0.05) is 17.7 Å². The molecule has 0 aliphatic carbocycles. The highest BCUT2D eigenvalue weighted by Gasteiger charge is 2.15. The lowest BCUT2D eigenvalue weighted by Gasteiger charge is -2.09. The highest BCUT2D eigenvalue weighted by Crippen LogP contribution is 2.19. The highest BCUT2D eigenvalue weighted by atomic mass is 35.5. The van der Waals surface area contributed by atoms with Crippen LogP contribution < -0.4 is 10.6 Å². The minimum atomic E-state index is 0. The summed E-state index contributed by atoms with van der Waals surface area (Å²) in [4.78, 5) is 16.3. The van der Waals surface area contributed by atoms with Crippen LogP contribution in [0.15, 0.2) is 24.3 Å². The van der Waals surface area contributed by atoms with E-state index in [0.29, 0.717) is 18.2 Å². The minimum Gasteiger partial charge on any atom is -0.326 e. The standard InChI is InChI=1S/C16H21N5O.ClH/c1-11-18-16(21-20-11)13-3-5-14(6-4-13)19-15(22)7-2-12-8-9-17-10-12;/h3-6,12,17H,2,7-10H2,1H3,(H,19,22)(H,18,20,21);1H. The number of aromatic nitrogens is 3. The molecule has 1 unspecified atom stereocenters. The molecule has 1 aliphatic rings. The predicted molar refractivity (Wildman–Crippen MR) is 92.6 cm³/mol. The van der Waals surface area contributed by atoms with Gasteiger partial charge in [0.05, 0.1) is 0 Å². The van der Waals surface area contributed by atoms with Crippen LogP contribution in [-0.4, -0.2) is 34.2 Å². The Kier molecular flexibility index (Phi) is 6.12. The number of hydrogen-bond donors (Lipinski definition) is 3. The van der Waals surface area contributed by atoms with Crippen molar-refractivity contribution in [2.75, 3.05) is 18.4 Å². The molecule has 0 saturated carbocycles. The molecule has 2 aromatic rings. The smallest absolute Gasteiger partial charge is 0.224 e. The average Bonchev–Trinajstić information content (AvgIpc) is 3.17. The van der Waals surface area contributed by atoms with Gasteiger partial charge < -0.3 is 10.6 Å². The van der Waals surface area contributed by atoms with Gasteiger partial charge in [-0.2, -0.15) is 5.10 Å². The molecule has 3 N–H and O–H groups in total. The second-order valence-corrected chi connectivity index (χ2v) is 5.77. The van der Waals surface area contributed by atoms with Crippen molar-refractivity contribution in [1.29, 1.82) is 0 Å². The molecule has 1 amide bonds. The van der Waals surface area contributed by atoms with Crippen molar-refractivity contribution < 1.29 is 4.79 Å². The first-order valence-electron chi connectivity index (χ1n) is 7.71. The van der Waals surface area contributed by atoms with Gasteiger partial charge in [0.15, 0.2) is 5.82 Å². The number of rotatable bonds is 5. The summed E-state index contributed by atoms with van der Waals surface area (Å²) in [5, 5.41) is 13.2. The second kappa shape index (κ2) is 8.08. The molecule has 1 aromatic heterocycles. The first-order valence-corrected chi connectivity index (χ1v) is 7.71. The van der Waals surface area contributed by atoms with E-state index in [9.17, 15) is 4.79 Å². The molecule has 23 heavy (non-hydrogen) atoms. The first kappa shape index (κ1) is 17.4. The molecular weight excluding hydrogens is 314 g/mol. The van der Waals surface area contributed by atoms with E-state index in [0.717, 1.165) is 36.6 Å². The molecule has 0 spiro atoms. The number of halogens is 1. The Morgan fingerprint density at radius 1 is 1.35 bits per heavy atom. The maximum absolute atomic E-state index is 12.0. The topological polar surface area (TPSA) is 82.7 Å². The Hall–Kier alpha value is -1.92. The van der Waals surface area contributed by atoms with Crippen LogP contribution >= 0.6 is 12.4 Å². The van der Waals surface area contributed by atoms with Gasteiger partial charge in [-0.1, -0.05) is 0 Å². The third-order valence-electron chi connectivity index (χ3n) is 3.97. The fourth-order valence-corrected chi connectivity index (χ4v) is 2.69. The van der Waals surface area contributed by atoms with Crippen LogP contribution in [0.4, 0.5) is 5.69 Å². The van der Waals surface area contributed by atoms with E-state index >= 15 is 0 Å². The quantitative estimate of drug-likeness (QED) is 0.784. The predicted octanol–water partition coefficient (Wildman–Crippen LogP) is 2.53. The maximum atomic E-state index is 12.0. The zero-order valence-corrected chi connectivity index (χ0v) is 13.9. The number of amides is 1. The van der Waals surface area contributed by atoms with Crippen LogP contribution in [0.3, 0.4) is 0 Å². The Balaban J connectivity index is 0.00000192. The number of aromatic amines is 1. The summed E-state index contributed by atoms with van der Waals surface area (Å²) in [5.74, 6) is 2.17. The van der Waals surface area contributed by atoms with Gasteiger partial charge in [-0.05, 0) is 63.0 Å². The van der Waals surface area contributed by atoms with Crippen LogP contribution in [0.25, 0.3) is 11.4 Å². The monoisotopic (exact) mass is 335 g/mol. The fourth-order valence-electron chi connectivity index (χ4n) is 2.69. The number of carbonyl (C=O) groups excluding carboxylic acids is 1. The Bertz CT molecular complexity index is 634. The number of nitrogens with zero attached hydrogens (tertiary/aromatic N) is 2. The molecule has 2 heterocycles. The van der Waals surface area contributed by atoms with Crippen molar-refractivity contribution in [3.05, 3.63) is 30.1 Å². The van der Waals surface area contributed by atoms with E-state index in [-0.39, 0.29) is 18.3 Å². The number of hydrogen-bond acceptors (Lipinski definition) is 4. The molecule has 1 atom stereocenters. The third-order valence-corrected chi connectivity index (χ3v) is 3.97. The van der Waals surface area contributed by atoms with E-state index in [1.54, 1.807) is 0 Å². The molecule has 0 bridgehead atoms. The molecule has 3 rings (SSSR count). The third kappa shape index (κ3) is 4.77. The largest absolute Gasteiger partial charge is 0.326 e. The first-order chi connectivity index (χ1) is 10.7. The average molecular weight is 336 g/mol. The molecule has 124 valence electrons. The molecule has 1 aliphatic heterocycles. The lowest BCUT2D eigenvalue weighted by atomic mass is 10.0. The second-order valence-electron chi connectivity index (χ2n) is 5.77. The van der Waals surface area contributed by atoms with Crippen molar-refractivity contribution in [2.24, 2.45) is 5.92 Å². The number of carbonyl (C=O) groups is 1. The fraction of sp³-hybridized carbons (Fsp3) is 0.438. The van der Waals surface area contributed by atoms with Crippen molar-refractivity contribution >= 4 is 24.0 Å². The summed E-state index contributed by atoms with van der Waals surface area (Å²) >= 11 is 0. The number of benzene rings is 1. The van der Waals surface area contributed by atoms with E-state index in [1.807, 2.05) is 31.2 Å². The SMILES string of the molecule is Cc1nc(-c2ccc(NC(=O)CCC3CCNC3)cc2)n[nH]1.Cl. The van der Waals surface area contributed by atoms with Crippen LogP contribution in [0.2, 0.25) is 0 Å². The normalized spacial score (nSPS) is 16.8. The van der Waals surface area contributed by atoms with Crippen LogP contribution in [0.5, 0.6) is 0 Å². The van der Waals surface area contributed by atoms with Gasteiger partial charge in [0.1, 0.15) is 5.82 Å². The molecule has 6 nitrogen and oxygen atoms in total. The maximum Gasteiger partial charge on any atom is 0.224 e. The Morgan fingerprint density at radius 2 is 2.13 bits per heavy atom. The van der Waals surface area contributed by atoms with Gasteiger partial charge in [-0.3, -0.25) is 9.89 Å². The number of H-pyrrole nitrogens is 1. The summed E-state index contributed by atoms with van der Waals surface area (Å²) in [5.41, 5.74) is 1.74. The molecule has 1 aromatic carbocycles. The highest BCUT2D eigenvalue weighted by molar-refractivity contribution is 5.90. The van der Waals surface area contributed by atoms with Gasteiger partial charge in [-0.25, -0.2) is 4.98 Å². The van der Waals surface area contributed by atoms with E-state index in [1.165, 1.54) is 6.42 Å². The summed E-state index contributed by atoms with van der Waals surface area (Å²) < 4.78 is 0. The van der Waals surface area contributed by atoms with Crippen LogP contribution in [-0.2, 0) is 4.79 Å². The summed E-state index contributed by atoms with van der Waals surface area (Å²) in [6, 6.07) is 7.60. The van der Waals surface area contributed by atoms with Crippen LogP contribution in [0.1, 0.15) is 25.1 Å². The van der Waals surface area contributed by atoms with E-state index < -0.39 is 0 Å². The van der Waals surface area contributed by atoms with Gasteiger partial charge in [0.2, 0.25) is 5.91 Å². The van der Waals surface area contributed by atoms with E-state index in [4.69, 9.17) is 0 Å². The minimum absolute atomic E-state index is 0. The lowest BCUT2D eigenvalue weighted by Crippen LogP contribution is -2.14. The number of nitrogens with one attached hydrogen (secondary N) is 3. The molecule has 0 radical (unpaired) electrons. The van der Waals surface area contributed by atoms with Crippen molar-refractivity contribution in [3.63, 3.8) is 0 Å². The van der Waals surface area contributed by atoms with Crippen molar-refractivity contribution in [1.82, 2.24) is 20.5 Å². The Morgan fingerprint density at radius 3 is 2.74 bits per heavy atom. The summed E-state index contributed by atoms with van der Waals surface area (Å²) in [6.07, 6.45) is 2.71. The van der Waals surface area contributed by atoms with Crippen molar-refractivity contribution in [3.8, 4) is 11.4 Å². The van der Waals surface area contributed by atoms with Gasteiger partial charge >= 0.3 is 0 Å². The van der Waals surface area contributed by atoms with Gasteiger partial charge in [-0.15, -0.1) is 12.4 Å². The zero-order valence-electron chi connectivity index (χ0n) is 13.1. The number of aryl methyl sites for hydroxylation is 1. The Labute approximate surface area is 141 Å². The lowest BCUT2D eigenvalue weighted by molar-refractivity contribution is -0.116. The molecular formula is C16H22ClN5O. The van der Waals surface area contributed by atoms with Crippen LogP contribution in [0, 0.1) is 12.8 Å². The van der Waals surface area contributed by atoms with Crippen molar-refractivity contribution in [2.45, 2.75) is 26.2 Å². The zero-order chi connectivity index (χ0) is 15.4. The summed E-state index contributed by atoms with van der Waals surface area (Å²) in [7, 11) is 0. The molecule has 1 saturated heterocycles. The molecule has 1 fully saturated rings. The van der Waals surface area contributed by atoms with E-state index in [2.05, 4.69) is 25.8 Å². The van der Waals surface area contributed by atoms with Gasteiger partial charge in [0.25, 0.3) is 0 Å².